The van der Waals surface area contributed by atoms with Crippen molar-refractivity contribution >= 4 is 29.8 Å². The third-order valence-corrected chi connectivity index (χ3v) is 8.57. The Labute approximate surface area is 289 Å². The number of anilines is 1. The van der Waals surface area contributed by atoms with Crippen LogP contribution in [0.4, 0.5) is 15.4 Å². The van der Waals surface area contributed by atoms with Crippen LogP contribution in [0.15, 0.2) is 29.0 Å². The maximum atomic E-state index is 14.6. The van der Waals surface area contributed by atoms with Crippen molar-refractivity contribution in [3.05, 3.63) is 41.7 Å². The van der Waals surface area contributed by atoms with Gasteiger partial charge in [-0.2, -0.15) is 0 Å². The first-order chi connectivity index (χ1) is 22.9. The number of nitrogens with one attached hydrogen (secondary N) is 2. The summed E-state index contributed by atoms with van der Waals surface area (Å²) < 4.78 is 11.3. The molecule has 0 radical (unpaired) electrons. The number of rotatable bonds is 9. The molecule has 2 aliphatic rings. The quantitative estimate of drug-likeness (QED) is 0.347. The Balaban J connectivity index is 1.63. The molecule has 4 rings (SSSR count). The van der Waals surface area contributed by atoms with E-state index in [0.29, 0.717) is 68.4 Å². The standard InChI is InChI=1S/C35H54N8O6/c1-22(2)19-43(30(45)27-18-38-31(34(3,4)5)40-28(27)37-17-26-10-9-15-48-26)25-16-24(20-42(21-25)33(47)49-35(6,7)8)39-29(44)23-11-13-41(14-12-23)32(36)46/h9-10,15,18,22-25H,11-14,16-17,19-21H2,1-8H3,(H2,36,46)(H,39,44)(H,37,38,40)/t24-,25+/m1/s1. The number of nitrogens with two attached hydrogens (primary N) is 1. The van der Waals surface area contributed by atoms with E-state index in [1.54, 1.807) is 49.1 Å². The van der Waals surface area contributed by atoms with Crippen molar-refractivity contribution in [1.82, 2.24) is 30.0 Å². The van der Waals surface area contributed by atoms with Gasteiger partial charge in [0.25, 0.3) is 5.91 Å². The molecule has 4 heterocycles. The average molecular weight is 683 g/mol. The maximum absolute atomic E-state index is 14.6. The summed E-state index contributed by atoms with van der Waals surface area (Å²) >= 11 is 0. The van der Waals surface area contributed by atoms with Gasteiger partial charge in [-0.25, -0.2) is 19.6 Å². The topological polar surface area (TPSA) is 176 Å². The van der Waals surface area contributed by atoms with E-state index in [1.165, 1.54) is 4.90 Å². The zero-order chi connectivity index (χ0) is 36.1. The van der Waals surface area contributed by atoms with Crippen LogP contribution < -0.4 is 16.4 Å². The number of likely N-dealkylation sites (tertiary alicyclic amines) is 2. The van der Waals surface area contributed by atoms with Crippen LogP contribution in [0.3, 0.4) is 0 Å². The van der Waals surface area contributed by atoms with Gasteiger partial charge in [0.1, 0.15) is 28.6 Å². The highest BCUT2D eigenvalue weighted by Gasteiger charge is 2.39. The molecule has 2 aromatic rings. The second-order valence-electron chi connectivity index (χ2n) is 15.6. The van der Waals surface area contributed by atoms with Crippen LogP contribution in [-0.2, 0) is 21.5 Å². The Hall–Kier alpha value is -4.36. The molecule has 270 valence electrons. The predicted molar refractivity (Wildman–Crippen MR) is 185 cm³/mol. The lowest BCUT2D eigenvalue weighted by molar-refractivity contribution is -0.127. The molecule has 0 spiro atoms. The number of carbonyl (C=O) groups excluding carboxylic acids is 4. The van der Waals surface area contributed by atoms with E-state index in [4.69, 9.17) is 19.9 Å². The van der Waals surface area contributed by atoms with Gasteiger partial charge < -0.3 is 40.2 Å². The molecular formula is C35H54N8O6. The minimum Gasteiger partial charge on any atom is -0.467 e. The summed E-state index contributed by atoms with van der Waals surface area (Å²) in [5, 5.41) is 6.45. The van der Waals surface area contributed by atoms with Gasteiger partial charge in [0.05, 0.1) is 18.8 Å². The monoisotopic (exact) mass is 682 g/mol. The molecule has 5 amide bonds. The van der Waals surface area contributed by atoms with Gasteiger partial charge in [-0.3, -0.25) is 9.59 Å². The van der Waals surface area contributed by atoms with Gasteiger partial charge in [0.2, 0.25) is 5.91 Å². The first kappa shape index (κ1) is 37.5. The largest absolute Gasteiger partial charge is 0.467 e. The van der Waals surface area contributed by atoms with Crippen molar-refractivity contribution in [2.75, 3.05) is 38.0 Å². The number of piperidine rings is 2. The third kappa shape index (κ3) is 10.3. The summed E-state index contributed by atoms with van der Waals surface area (Å²) in [4.78, 5) is 67.4. The van der Waals surface area contributed by atoms with Crippen molar-refractivity contribution in [2.45, 2.75) is 104 Å². The maximum Gasteiger partial charge on any atom is 0.410 e. The molecule has 4 N–H and O–H groups in total. The van der Waals surface area contributed by atoms with Crippen LogP contribution >= 0.6 is 0 Å². The minimum absolute atomic E-state index is 0.0960. The Morgan fingerprint density at radius 2 is 1.78 bits per heavy atom. The summed E-state index contributed by atoms with van der Waals surface area (Å²) in [5.74, 6) is 1.04. The number of urea groups is 1. The number of hydrogen-bond acceptors (Lipinski definition) is 9. The Morgan fingerprint density at radius 1 is 1.08 bits per heavy atom. The van der Waals surface area contributed by atoms with E-state index < -0.39 is 29.8 Å². The molecule has 14 heteroatoms. The Morgan fingerprint density at radius 3 is 2.35 bits per heavy atom. The molecule has 2 aromatic heterocycles. The molecule has 49 heavy (non-hydrogen) atoms. The highest BCUT2D eigenvalue weighted by Crippen LogP contribution is 2.27. The van der Waals surface area contributed by atoms with Gasteiger partial charge in [-0.05, 0) is 58.1 Å². The predicted octanol–water partition coefficient (Wildman–Crippen LogP) is 4.36. The second kappa shape index (κ2) is 15.5. The van der Waals surface area contributed by atoms with E-state index in [0.717, 1.165) is 0 Å². The van der Waals surface area contributed by atoms with Gasteiger partial charge in [0.15, 0.2) is 0 Å². The zero-order valence-electron chi connectivity index (χ0n) is 30.2. The van der Waals surface area contributed by atoms with Crippen molar-refractivity contribution < 1.29 is 28.3 Å². The van der Waals surface area contributed by atoms with Crippen LogP contribution in [-0.4, -0.2) is 99.0 Å². The van der Waals surface area contributed by atoms with E-state index in [9.17, 15) is 19.2 Å². The van der Waals surface area contributed by atoms with Crippen LogP contribution in [0.1, 0.15) is 96.6 Å². The first-order valence-electron chi connectivity index (χ1n) is 17.2. The second-order valence-corrected chi connectivity index (χ2v) is 15.6. The van der Waals surface area contributed by atoms with Crippen molar-refractivity contribution in [3.63, 3.8) is 0 Å². The highest BCUT2D eigenvalue weighted by atomic mass is 16.6. The fourth-order valence-corrected chi connectivity index (χ4v) is 6.12. The Bertz CT molecular complexity index is 1460. The van der Waals surface area contributed by atoms with Gasteiger partial charge in [0, 0.05) is 56.3 Å². The number of nitrogens with zero attached hydrogens (tertiary/aromatic N) is 5. The number of primary amides is 1. The molecule has 0 aromatic carbocycles. The zero-order valence-corrected chi connectivity index (χ0v) is 30.2. The van der Waals surface area contributed by atoms with Crippen LogP contribution in [0.5, 0.6) is 0 Å². The lowest BCUT2D eigenvalue weighted by Gasteiger charge is -2.44. The number of hydrogen-bond donors (Lipinski definition) is 3. The molecular weight excluding hydrogens is 628 g/mol. The lowest BCUT2D eigenvalue weighted by atomic mass is 9.93. The van der Waals surface area contributed by atoms with E-state index in [-0.39, 0.29) is 42.2 Å². The average Bonchev–Trinajstić information content (AvgIpc) is 3.54. The van der Waals surface area contributed by atoms with Crippen LogP contribution in [0.25, 0.3) is 0 Å². The fourth-order valence-electron chi connectivity index (χ4n) is 6.12. The smallest absolute Gasteiger partial charge is 0.410 e. The van der Waals surface area contributed by atoms with Gasteiger partial charge in [-0.1, -0.05) is 34.6 Å². The molecule has 0 aliphatic carbocycles. The summed E-state index contributed by atoms with van der Waals surface area (Å²) in [6, 6.07) is 2.26. The van der Waals surface area contributed by atoms with E-state index in [2.05, 4.69) is 15.6 Å². The molecule has 0 unspecified atom stereocenters. The molecule has 2 fully saturated rings. The highest BCUT2D eigenvalue weighted by molar-refractivity contribution is 5.98. The van der Waals surface area contributed by atoms with Crippen molar-refractivity contribution in [2.24, 2.45) is 17.6 Å². The van der Waals surface area contributed by atoms with Gasteiger partial charge in [-0.15, -0.1) is 0 Å². The molecule has 2 aliphatic heterocycles. The SMILES string of the molecule is CC(C)CN(C(=O)c1cnc(C(C)(C)C)nc1NCc1ccco1)[C@H]1C[C@@H](NC(=O)C2CCN(C(N)=O)CC2)CN(C(=O)OC(C)(C)C)C1. The number of carbonyl (C=O) groups is 4. The summed E-state index contributed by atoms with van der Waals surface area (Å²) in [5.41, 5.74) is 4.64. The van der Waals surface area contributed by atoms with E-state index in [1.807, 2.05) is 40.7 Å². The van der Waals surface area contributed by atoms with E-state index >= 15 is 0 Å². The summed E-state index contributed by atoms with van der Waals surface area (Å²) in [6.45, 7) is 17.5. The third-order valence-electron chi connectivity index (χ3n) is 8.57. The molecule has 14 nitrogen and oxygen atoms in total. The van der Waals surface area contributed by atoms with Gasteiger partial charge >= 0.3 is 12.1 Å². The van der Waals surface area contributed by atoms with Crippen LogP contribution in [0.2, 0.25) is 0 Å². The van der Waals surface area contributed by atoms with Crippen LogP contribution in [0, 0.1) is 11.8 Å². The summed E-state index contributed by atoms with van der Waals surface area (Å²) in [7, 11) is 0. The molecule has 0 saturated carbocycles. The number of furan rings is 1. The normalized spacial score (nSPS) is 19.0. The number of amides is 5. The lowest BCUT2D eigenvalue weighted by Crippen LogP contribution is -2.61. The Kier molecular flexibility index (Phi) is 11.8. The first-order valence-corrected chi connectivity index (χ1v) is 17.2. The molecule has 0 bridgehead atoms. The van der Waals surface area contributed by atoms with Crippen molar-refractivity contribution in [1.29, 1.82) is 0 Å². The molecule has 2 atom stereocenters. The fraction of sp³-hybridized carbons (Fsp3) is 0.657. The number of ether oxygens (including phenoxy) is 1. The minimum atomic E-state index is -0.731. The number of aromatic nitrogens is 2. The summed E-state index contributed by atoms with van der Waals surface area (Å²) in [6.07, 6.45) is 4.07. The molecule has 2 saturated heterocycles. The van der Waals surface area contributed by atoms with Crippen molar-refractivity contribution in [3.8, 4) is 0 Å².